The average molecular weight is 357 g/mol. The molecule has 8 heteroatoms. The summed E-state index contributed by atoms with van der Waals surface area (Å²) in [7, 11) is 1.85. The SMILES string of the molecule is Cc1ccc(-c2nnc(SCC(=O)Nc3c(C)nn(C)c3C)o2)cc1. The van der Waals surface area contributed by atoms with E-state index in [4.69, 9.17) is 4.42 Å². The van der Waals surface area contributed by atoms with Crippen molar-refractivity contribution in [2.75, 3.05) is 11.1 Å². The number of carbonyl (C=O) groups is 1. The third-order valence-corrected chi connectivity index (χ3v) is 4.62. The van der Waals surface area contributed by atoms with Crippen molar-refractivity contribution in [3.63, 3.8) is 0 Å². The first-order chi connectivity index (χ1) is 11.9. The molecule has 2 heterocycles. The summed E-state index contributed by atoms with van der Waals surface area (Å²) in [5.41, 5.74) is 4.47. The van der Waals surface area contributed by atoms with Gasteiger partial charge in [-0.1, -0.05) is 29.5 Å². The number of amides is 1. The fraction of sp³-hybridized carbons (Fsp3) is 0.294. The van der Waals surface area contributed by atoms with E-state index in [1.54, 1.807) is 4.68 Å². The maximum atomic E-state index is 12.2. The number of aromatic nitrogens is 4. The Balaban J connectivity index is 1.60. The standard InChI is InChI=1S/C17H19N5O2S/c1-10-5-7-13(8-6-10)16-19-20-17(24-16)25-9-14(23)18-15-11(2)21-22(4)12(15)3/h5-8H,9H2,1-4H3,(H,18,23). The van der Waals surface area contributed by atoms with Gasteiger partial charge in [-0.05, 0) is 32.9 Å². The smallest absolute Gasteiger partial charge is 0.277 e. The van der Waals surface area contributed by atoms with E-state index < -0.39 is 0 Å². The molecule has 0 aliphatic rings. The van der Waals surface area contributed by atoms with Crippen LogP contribution in [-0.2, 0) is 11.8 Å². The van der Waals surface area contributed by atoms with Crippen molar-refractivity contribution >= 4 is 23.4 Å². The minimum atomic E-state index is -0.140. The lowest BCUT2D eigenvalue weighted by Gasteiger charge is -2.04. The summed E-state index contributed by atoms with van der Waals surface area (Å²) >= 11 is 1.21. The van der Waals surface area contributed by atoms with Crippen LogP contribution in [0.2, 0.25) is 0 Å². The first kappa shape index (κ1) is 17.2. The van der Waals surface area contributed by atoms with Crippen LogP contribution in [-0.4, -0.2) is 31.6 Å². The third kappa shape index (κ3) is 3.90. The number of rotatable bonds is 5. The number of carbonyl (C=O) groups excluding carboxylic acids is 1. The third-order valence-electron chi connectivity index (χ3n) is 3.81. The summed E-state index contributed by atoms with van der Waals surface area (Å²) in [4.78, 5) is 12.2. The molecule has 0 atom stereocenters. The predicted molar refractivity (Wildman–Crippen MR) is 96.5 cm³/mol. The maximum Gasteiger partial charge on any atom is 0.277 e. The number of aryl methyl sites for hydroxylation is 3. The summed E-state index contributed by atoms with van der Waals surface area (Å²) < 4.78 is 7.35. The summed E-state index contributed by atoms with van der Waals surface area (Å²) in [6.45, 7) is 5.79. The Morgan fingerprint density at radius 1 is 1.20 bits per heavy atom. The number of thioether (sulfide) groups is 1. The van der Waals surface area contributed by atoms with Crippen molar-refractivity contribution in [2.45, 2.75) is 26.0 Å². The van der Waals surface area contributed by atoms with E-state index in [0.29, 0.717) is 11.1 Å². The minimum absolute atomic E-state index is 0.140. The lowest BCUT2D eigenvalue weighted by molar-refractivity contribution is -0.113. The van der Waals surface area contributed by atoms with Crippen molar-refractivity contribution in [3.8, 4) is 11.5 Å². The number of benzene rings is 1. The van der Waals surface area contributed by atoms with Gasteiger partial charge >= 0.3 is 0 Å². The van der Waals surface area contributed by atoms with Crippen LogP contribution in [0.25, 0.3) is 11.5 Å². The zero-order chi connectivity index (χ0) is 18.0. The highest BCUT2D eigenvalue weighted by atomic mass is 32.2. The molecule has 0 bridgehead atoms. The molecule has 0 aliphatic heterocycles. The molecule has 2 aromatic heterocycles. The molecule has 0 saturated carbocycles. The molecule has 7 nitrogen and oxygen atoms in total. The second-order valence-corrected chi connectivity index (χ2v) is 6.67. The van der Waals surface area contributed by atoms with Crippen LogP contribution in [0.1, 0.15) is 17.0 Å². The second kappa shape index (κ2) is 7.10. The van der Waals surface area contributed by atoms with Gasteiger partial charge in [-0.25, -0.2) is 0 Å². The zero-order valence-electron chi connectivity index (χ0n) is 14.5. The van der Waals surface area contributed by atoms with Crippen LogP contribution in [0.3, 0.4) is 0 Å². The molecule has 0 unspecified atom stereocenters. The van der Waals surface area contributed by atoms with E-state index in [0.717, 1.165) is 28.2 Å². The first-order valence-corrected chi connectivity index (χ1v) is 8.76. The molecule has 0 saturated heterocycles. The van der Waals surface area contributed by atoms with Crippen LogP contribution in [0, 0.1) is 20.8 Å². The number of nitrogens with zero attached hydrogens (tertiary/aromatic N) is 4. The van der Waals surface area contributed by atoms with Crippen molar-refractivity contribution in [3.05, 3.63) is 41.2 Å². The summed E-state index contributed by atoms with van der Waals surface area (Å²) in [6.07, 6.45) is 0. The van der Waals surface area contributed by atoms with Crippen LogP contribution < -0.4 is 5.32 Å². The molecule has 3 aromatic rings. The number of nitrogens with one attached hydrogen (secondary N) is 1. The summed E-state index contributed by atoms with van der Waals surface area (Å²) in [5, 5.41) is 15.5. The molecule has 0 fully saturated rings. The topological polar surface area (TPSA) is 85.8 Å². The van der Waals surface area contributed by atoms with Crippen LogP contribution in [0.15, 0.2) is 33.9 Å². The molecule has 3 rings (SSSR count). The van der Waals surface area contributed by atoms with E-state index in [1.165, 1.54) is 11.8 Å². The van der Waals surface area contributed by atoms with Gasteiger partial charge in [-0.3, -0.25) is 9.48 Å². The molecule has 130 valence electrons. The highest BCUT2D eigenvalue weighted by molar-refractivity contribution is 7.99. The van der Waals surface area contributed by atoms with E-state index in [-0.39, 0.29) is 11.7 Å². The molecule has 0 aliphatic carbocycles. The molecule has 1 N–H and O–H groups in total. The Morgan fingerprint density at radius 2 is 1.92 bits per heavy atom. The van der Waals surface area contributed by atoms with Gasteiger partial charge in [0, 0.05) is 12.6 Å². The molecule has 0 spiro atoms. The molecular formula is C17H19N5O2S. The molecule has 0 radical (unpaired) electrons. The van der Waals surface area contributed by atoms with Crippen LogP contribution >= 0.6 is 11.8 Å². The molecule has 25 heavy (non-hydrogen) atoms. The van der Waals surface area contributed by atoms with Gasteiger partial charge in [0.05, 0.1) is 22.8 Å². The molecular weight excluding hydrogens is 338 g/mol. The maximum absolute atomic E-state index is 12.2. The monoisotopic (exact) mass is 357 g/mol. The number of hydrogen-bond donors (Lipinski definition) is 1. The lowest BCUT2D eigenvalue weighted by atomic mass is 10.1. The number of anilines is 1. The van der Waals surface area contributed by atoms with E-state index in [1.807, 2.05) is 52.1 Å². The van der Waals surface area contributed by atoms with Crippen molar-refractivity contribution < 1.29 is 9.21 Å². The lowest BCUT2D eigenvalue weighted by Crippen LogP contribution is -2.15. The largest absolute Gasteiger partial charge is 0.411 e. The highest BCUT2D eigenvalue weighted by Crippen LogP contribution is 2.24. The van der Waals surface area contributed by atoms with E-state index in [2.05, 4.69) is 20.6 Å². The first-order valence-electron chi connectivity index (χ1n) is 7.77. The van der Waals surface area contributed by atoms with Gasteiger partial charge < -0.3 is 9.73 Å². The normalized spacial score (nSPS) is 10.9. The fourth-order valence-corrected chi connectivity index (χ4v) is 2.90. The Hall–Kier alpha value is -2.61. The minimum Gasteiger partial charge on any atom is -0.411 e. The quantitative estimate of drug-likeness (QED) is 0.706. The Morgan fingerprint density at radius 3 is 2.56 bits per heavy atom. The Bertz CT molecular complexity index is 898. The number of hydrogen-bond acceptors (Lipinski definition) is 6. The summed E-state index contributed by atoms with van der Waals surface area (Å²) in [5.74, 6) is 0.490. The average Bonchev–Trinajstić information content (AvgIpc) is 3.14. The summed E-state index contributed by atoms with van der Waals surface area (Å²) in [6, 6.07) is 7.83. The van der Waals surface area contributed by atoms with Gasteiger partial charge in [0.15, 0.2) is 0 Å². The van der Waals surface area contributed by atoms with Gasteiger partial charge in [-0.2, -0.15) is 5.10 Å². The van der Waals surface area contributed by atoms with Crippen molar-refractivity contribution in [2.24, 2.45) is 7.05 Å². The zero-order valence-corrected chi connectivity index (χ0v) is 15.3. The van der Waals surface area contributed by atoms with Gasteiger partial charge in [0.1, 0.15) is 0 Å². The molecule has 1 aromatic carbocycles. The van der Waals surface area contributed by atoms with Crippen LogP contribution in [0.4, 0.5) is 5.69 Å². The van der Waals surface area contributed by atoms with Crippen molar-refractivity contribution in [1.82, 2.24) is 20.0 Å². The Labute approximate surface area is 149 Å². The highest BCUT2D eigenvalue weighted by Gasteiger charge is 2.15. The van der Waals surface area contributed by atoms with Crippen LogP contribution in [0.5, 0.6) is 0 Å². The van der Waals surface area contributed by atoms with Gasteiger partial charge in [-0.15, -0.1) is 10.2 Å². The van der Waals surface area contributed by atoms with Gasteiger partial charge in [0.25, 0.3) is 5.22 Å². The Kier molecular flexibility index (Phi) is 4.89. The van der Waals surface area contributed by atoms with E-state index >= 15 is 0 Å². The fourth-order valence-electron chi connectivity index (χ4n) is 2.34. The van der Waals surface area contributed by atoms with Crippen molar-refractivity contribution in [1.29, 1.82) is 0 Å². The second-order valence-electron chi connectivity index (χ2n) is 5.75. The predicted octanol–water partition coefficient (Wildman–Crippen LogP) is 3.13. The van der Waals surface area contributed by atoms with Gasteiger partial charge in [0.2, 0.25) is 11.8 Å². The molecule has 1 amide bonds. The van der Waals surface area contributed by atoms with E-state index in [9.17, 15) is 4.79 Å².